The van der Waals surface area contributed by atoms with Crippen LogP contribution in [0.4, 0.5) is 13.2 Å². The van der Waals surface area contributed by atoms with Crippen molar-refractivity contribution >= 4 is 31.0 Å². The predicted molar refractivity (Wildman–Crippen MR) is 54.6 cm³/mol. The van der Waals surface area contributed by atoms with E-state index in [0.29, 0.717) is 16.5 Å². The molecule has 0 saturated carbocycles. The van der Waals surface area contributed by atoms with Gasteiger partial charge >= 0.3 is 20.1 Å². The molecular weight excluding hydrogens is 317 g/mol. The maximum Gasteiger partial charge on any atom is 0.505 e. The second-order valence-corrected chi connectivity index (χ2v) is 8.46. The van der Waals surface area contributed by atoms with Crippen LogP contribution < -0.4 is 5.11 Å². The summed E-state index contributed by atoms with van der Waals surface area (Å²) in [4.78, 5) is 0. The molecular formula is C6H5F3N2O4S3. The molecule has 0 spiro atoms. The lowest BCUT2D eigenvalue weighted by Crippen LogP contribution is -2.78. The van der Waals surface area contributed by atoms with E-state index in [-0.39, 0.29) is 0 Å². The Balaban J connectivity index is 3.43. The van der Waals surface area contributed by atoms with Crippen molar-refractivity contribution in [2.45, 2.75) is 14.4 Å². The molecule has 0 aliphatic rings. The minimum absolute atomic E-state index is 0.529. The summed E-state index contributed by atoms with van der Waals surface area (Å²) in [6.07, 6.45) is 0. The molecule has 18 heavy (non-hydrogen) atoms. The Morgan fingerprint density at radius 2 is 1.83 bits per heavy atom. The molecule has 0 radical (unpaired) electrons. The van der Waals surface area contributed by atoms with E-state index in [1.807, 2.05) is 0 Å². The molecule has 1 atom stereocenters. The molecule has 0 bridgehead atoms. The van der Waals surface area contributed by atoms with Gasteiger partial charge in [0.15, 0.2) is 0 Å². The molecule has 1 unspecified atom stereocenters. The first-order valence-electron chi connectivity index (χ1n) is 4.02. The van der Waals surface area contributed by atoms with E-state index in [1.54, 1.807) is 0 Å². The lowest BCUT2D eigenvalue weighted by atomic mass is 10.7. The van der Waals surface area contributed by atoms with Crippen LogP contribution in [0.1, 0.15) is 0 Å². The molecule has 0 amide bonds. The number of alkyl halides is 3. The van der Waals surface area contributed by atoms with Gasteiger partial charge in [0.25, 0.3) is 9.84 Å². The van der Waals surface area contributed by atoms with Gasteiger partial charge in [0, 0.05) is 0 Å². The van der Waals surface area contributed by atoms with Crippen molar-refractivity contribution in [3.05, 3.63) is 23.0 Å². The van der Waals surface area contributed by atoms with Crippen molar-refractivity contribution < 1.29 is 35.1 Å². The molecule has 12 heteroatoms. The Kier molecular flexibility index (Phi) is 3.83. The minimum atomic E-state index is -6.11. The molecule has 0 aliphatic carbocycles. The van der Waals surface area contributed by atoms with Gasteiger partial charge in [-0.1, -0.05) is 6.07 Å². The second kappa shape index (κ2) is 4.59. The fraction of sp³-hybridized carbons (Fsp3) is 0.333. The topological polar surface area (TPSA) is 105 Å². The molecule has 6 nitrogen and oxygen atoms in total. The van der Waals surface area contributed by atoms with Crippen molar-refractivity contribution in [2.75, 3.05) is 0 Å². The van der Waals surface area contributed by atoms with Crippen molar-refractivity contribution in [3.8, 4) is 0 Å². The minimum Gasteiger partial charge on any atom is -0.507 e. The Morgan fingerprint density at radius 1 is 1.28 bits per heavy atom. The fourth-order valence-electron chi connectivity index (χ4n) is 0.958. The molecule has 1 aromatic heterocycles. The van der Waals surface area contributed by atoms with Crippen molar-refractivity contribution in [1.82, 2.24) is 0 Å². The molecule has 0 aromatic carbocycles. The van der Waals surface area contributed by atoms with Crippen LogP contribution in [0.25, 0.3) is 5.53 Å². The van der Waals surface area contributed by atoms with E-state index in [4.69, 9.17) is 5.53 Å². The average molecular weight is 322 g/mol. The first kappa shape index (κ1) is 15.0. The summed E-state index contributed by atoms with van der Waals surface area (Å²) >= 11 is 0.529. The van der Waals surface area contributed by atoms with Gasteiger partial charge in [0.1, 0.15) is 4.21 Å². The standard InChI is InChI=1S/C6H5F3N2O4S3/c7-6(8,9)18(14,15)5(11-10)17(12,13)4-2-1-3-16-4/h1-3,5,11H. The zero-order chi connectivity index (χ0) is 14.2. The van der Waals surface area contributed by atoms with Crippen LogP contribution in [-0.2, 0) is 19.7 Å². The van der Waals surface area contributed by atoms with Gasteiger partial charge in [-0.3, -0.25) is 0 Å². The van der Waals surface area contributed by atoms with Gasteiger partial charge in [-0.25, -0.2) is 16.8 Å². The Morgan fingerprint density at radius 3 is 2.17 bits per heavy atom. The number of rotatable bonds is 4. The van der Waals surface area contributed by atoms with Crippen LogP contribution in [0.15, 0.2) is 21.7 Å². The van der Waals surface area contributed by atoms with Crippen molar-refractivity contribution in [1.29, 1.82) is 0 Å². The van der Waals surface area contributed by atoms with Gasteiger partial charge in [-0.15, -0.1) is 11.3 Å². The summed E-state index contributed by atoms with van der Waals surface area (Å²) in [7, 11) is -11.0. The lowest BCUT2D eigenvalue weighted by Gasteiger charge is -2.12. The van der Waals surface area contributed by atoms with Crippen molar-refractivity contribution in [2.24, 2.45) is 0 Å². The number of thiophene rings is 1. The van der Waals surface area contributed by atoms with Gasteiger partial charge in [0.2, 0.25) is 0 Å². The Labute approximate surface area is 104 Å². The van der Waals surface area contributed by atoms with E-state index in [2.05, 4.69) is 0 Å². The number of hydrogen-bond acceptors (Lipinski definition) is 5. The highest BCUT2D eigenvalue weighted by Gasteiger charge is 2.58. The third-order valence-corrected chi connectivity index (χ3v) is 7.61. The zero-order valence-electron chi connectivity index (χ0n) is 8.25. The van der Waals surface area contributed by atoms with Gasteiger partial charge in [-0.2, -0.15) is 13.2 Å². The summed E-state index contributed by atoms with van der Waals surface area (Å²) in [5.74, 6) is 0. The molecule has 1 heterocycles. The molecule has 0 aliphatic heterocycles. The quantitative estimate of drug-likeness (QED) is 0.778. The van der Waals surface area contributed by atoms with E-state index < -0.39 is 34.1 Å². The van der Waals surface area contributed by atoms with Gasteiger partial charge in [0.05, 0.1) is 0 Å². The Bertz CT molecular complexity index is 632. The average Bonchev–Trinajstić information content (AvgIpc) is 2.68. The predicted octanol–water partition coefficient (Wildman–Crippen LogP) is -0.158. The monoisotopic (exact) mass is 322 g/mol. The highest BCUT2D eigenvalue weighted by atomic mass is 32.3. The van der Waals surface area contributed by atoms with E-state index in [9.17, 15) is 30.0 Å². The highest BCUT2D eigenvalue weighted by Crippen LogP contribution is 2.30. The maximum absolute atomic E-state index is 12.2. The summed E-state index contributed by atoms with van der Waals surface area (Å²) in [6, 6.07) is 2.14. The molecule has 102 valence electrons. The number of nitrogens with zero attached hydrogens (tertiary/aromatic N) is 1. The molecule has 0 saturated heterocycles. The number of hydrogen-bond donors (Lipinski definition) is 1. The second-order valence-electron chi connectivity index (χ2n) is 2.93. The van der Waals surface area contributed by atoms with Crippen LogP contribution in [-0.4, -0.2) is 27.0 Å². The normalized spacial score (nSPS) is 15.3. The first-order valence-corrected chi connectivity index (χ1v) is 7.99. The number of sulfone groups is 2. The first-order chi connectivity index (χ1) is 8.05. The van der Waals surface area contributed by atoms with E-state index >= 15 is 0 Å². The van der Waals surface area contributed by atoms with Crippen LogP contribution in [0.5, 0.6) is 0 Å². The Hall–Kier alpha value is -1.01. The number of nitrogens with one attached hydrogen (secondary N) is 1. The fourth-order valence-corrected chi connectivity index (χ4v) is 5.55. The molecule has 0 fully saturated rings. The molecule has 1 aromatic rings. The third kappa shape index (κ3) is 2.40. The summed E-state index contributed by atoms with van der Waals surface area (Å²) in [5, 5.41) is 1.93. The molecule has 1 rings (SSSR count). The third-order valence-electron chi connectivity index (χ3n) is 1.77. The largest absolute Gasteiger partial charge is 0.507 e. The maximum atomic E-state index is 12.2. The van der Waals surface area contributed by atoms with E-state index in [1.165, 1.54) is 11.4 Å². The van der Waals surface area contributed by atoms with E-state index in [0.717, 1.165) is 6.07 Å². The SMILES string of the molecule is [N-]=[NH+]C(S(=O)(=O)c1cccs1)S(=O)(=O)C(F)(F)F. The van der Waals surface area contributed by atoms with Crippen LogP contribution >= 0.6 is 11.3 Å². The van der Waals surface area contributed by atoms with Crippen LogP contribution in [0.2, 0.25) is 0 Å². The van der Waals surface area contributed by atoms with Gasteiger partial charge in [-0.05, 0) is 11.4 Å². The highest BCUT2D eigenvalue weighted by molar-refractivity contribution is 8.09. The lowest BCUT2D eigenvalue weighted by molar-refractivity contribution is -0.475. The summed E-state index contributed by atoms with van der Waals surface area (Å²) < 4.78 is 78.2. The van der Waals surface area contributed by atoms with Gasteiger partial charge < -0.3 is 10.6 Å². The zero-order valence-corrected chi connectivity index (χ0v) is 10.7. The summed E-state index contributed by atoms with van der Waals surface area (Å²) in [6.45, 7) is 0. The summed E-state index contributed by atoms with van der Waals surface area (Å²) in [5.41, 5.74) is 2.65. The number of halogens is 3. The van der Waals surface area contributed by atoms with Crippen LogP contribution in [0, 0.1) is 0 Å². The van der Waals surface area contributed by atoms with Crippen LogP contribution in [0.3, 0.4) is 0 Å². The van der Waals surface area contributed by atoms with Crippen molar-refractivity contribution in [3.63, 3.8) is 0 Å². The molecule has 1 N–H and O–H groups in total. The smallest absolute Gasteiger partial charge is 0.505 e.